The van der Waals surface area contributed by atoms with Crippen molar-refractivity contribution < 1.29 is 12.6 Å². The standard InChI is InChI=1S/C17H22O3S/c1-11-2-4-12(5-3-11)21(18,19)20-10-17-15-8-6-13-14(15)7-9-16(13)17/h2-5,13-17H,6-10H2,1H3/t13-,14+,15-,16+,17?. The normalized spacial score (nSPS) is 37.3. The molecular formula is C17H22O3S. The third-order valence-electron chi connectivity index (χ3n) is 6.14. The predicted molar refractivity (Wildman–Crippen MR) is 80.2 cm³/mol. The van der Waals surface area contributed by atoms with Gasteiger partial charge in [0.05, 0.1) is 11.5 Å². The van der Waals surface area contributed by atoms with E-state index in [1.54, 1.807) is 12.1 Å². The highest BCUT2D eigenvalue weighted by atomic mass is 32.2. The predicted octanol–water partition coefficient (Wildman–Crippen LogP) is 3.38. The van der Waals surface area contributed by atoms with Gasteiger partial charge in [0.2, 0.25) is 0 Å². The van der Waals surface area contributed by atoms with Crippen LogP contribution in [0, 0.1) is 36.5 Å². The molecular weight excluding hydrogens is 284 g/mol. The molecule has 1 aromatic carbocycles. The van der Waals surface area contributed by atoms with Crippen molar-refractivity contribution in [2.75, 3.05) is 6.61 Å². The molecule has 3 aliphatic carbocycles. The van der Waals surface area contributed by atoms with Crippen molar-refractivity contribution in [1.82, 2.24) is 0 Å². The number of hydrogen-bond donors (Lipinski definition) is 0. The van der Waals surface area contributed by atoms with E-state index >= 15 is 0 Å². The summed E-state index contributed by atoms with van der Waals surface area (Å²) in [5.41, 5.74) is 1.05. The molecule has 21 heavy (non-hydrogen) atoms. The maximum absolute atomic E-state index is 12.3. The molecule has 3 saturated carbocycles. The molecule has 3 fully saturated rings. The van der Waals surface area contributed by atoms with Crippen LogP contribution in [0.1, 0.15) is 31.2 Å². The Kier molecular flexibility index (Phi) is 3.16. The van der Waals surface area contributed by atoms with Crippen LogP contribution in [0.5, 0.6) is 0 Å². The lowest BCUT2D eigenvalue weighted by atomic mass is 9.76. The average Bonchev–Trinajstić information content (AvgIpc) is 3.12. The fraction of sp³-hybridized carbons (Fsp3) is 0.647. The lowest BCUT2D eigenvalue weighted by molar-refractivity contribution is 0.122. The second-order valence-electron chi connectivity index (χ2n) is 7.03. The van der Waals surface area contributed by atoms with Gasteiger partial charge in [0.25, 0.3) is 10.1 Å². The highest BCUT2D eigenvalue weighted by Crippen LogP contribution is 2.64. The molecule has 4 heteroatoms. The van der Waals surface area contributed by atoms with Gasteiger partial charge in [0, 0.05) is 0 Å². The van der Waals surface area contributed by atoms with E-state index in [0.29, 0.717) is 12.5 Å². The zero-order chi connectivity index (χ0) is 14.6. The van der Waals surface area contributed by atoms with Gasteiger partial charge in [-0.1, -0.05) is 17.7 Å². The summed E-state index contributed by atoms with van der Waals surface area (Å²) in [7, 11) is -3.60. The van der Waals surface area contributed by atoms with Gasteiger partial charge in [-0.3, -0.25) is 4.18 Å². The van der Waals surface area contributed by atoms with Crippen LogP contribution in [0.3, 0.4) is 0 Å². The molecule has 1 aromatic rings. The Hall–Kier alpha value is -0.870. The molecule has 0 N–H and O–H groups in total. The van der Waals surface area contributed by atoms with E-state index in [9.17, 15) is 8.42 Å². The van der Waals surface area contributed by atoms with Crippen LogP contribution in [-0.2, 0) is 14.3 Å². The second kappa shape index (κ2) is 4.82. The quantitative estimate of drug-likeness (QED) is 0.801. The summed E-state index contributed by atoms with van der Waals surface area (Å²) in [5.74, 6) is 3.66. The smallest absolute Gasteiger partial charge is 0.266 e. The van der Waals surface area contributed by atoms with Crippen LogP contribution in [0.2, 0.25) is 0 Å². The van der Waals surface area contributed by atoms with Crippen LogP contribution in [0.4, 0.5) is 0 Å². The van der Waals surface area contributed by atoms with Crippen molar-refractivity contribution in [3.63, 3.8) is 0 Å². The first kappa shape index (κ1) is 13.8. The van der Waals surface area contributed by atoms with Gasteiger partial charge in [-0.2, -0.15) is 8.42 Å². The summed E-state index contributed by atoms with van der Waals surface area (Å²) in [5, 5.41) is 0. The maximum Gasteiger partial charge on any atom is 0.296 e. The molecule has 3 aliphatic rings. The largest absolute Gasteiger partial charge is 0.296 e. The number of benzene rings is 1. The van der Waals surface area contributed by atoms with Gasteiger partial charge in [0.1, 0.15) is 0 Å². The summed E-state index contributed by atoms with van der Waals surface area (Å²) in [6.45, 7) is 2.34. The summed E-state index contributed by atoms with van der Waals surface area (Å²) in [4.78, 5) is 0.279. The number of rotatable bonds is 4. The summed E-state index contributed by atoms with van der Waals surface area (Å²) in [6, 6.07) is 6.90. The first-order chi connectivity index (χ1) is 10.1. The Morgan fingerprint density at radius 2 is 1.48 bits per heavy atom. The first-order valence-electron chi connectivity index (χ1n) is 8.02. The minimum absolute atomic E-state index is 0.279. The lowest BCUT2D eigenvalue weighted by Gasteiger charge is -2.31. The molecule has 0 heterocycles. The Balaban J connectivity index is 1.46. The third kappa shape index (κ3) is 2.15. The number of aryl methyl sites for hydroxylation is 1. The topological polar surface area (TPSA) is 43.4 Å². The fourth-order valence-corrected chi connectivity index (χ4v) is 6.20. The van der Waals surface area contributed by atoms with E-state index in [1.165, 1.54) is 25.7 Å². The van der Waals surface area contributed by atoms with Crippen molar-refractivity contribution in [1.29, 1.82) is 0 Å². The maximum atomic E-state index is 12.3. The van der Waals surface area contributed by atoms with Gasteiger partial charge in [0.15, 0.2) is 0 Å². The highest BCUT2D eigenvalue weighted by molar-refractivity contribution is 7.86. The molecule has 0 aromatic heterocycles. The summed E-state index contributed by atoms with van der Waals surface area (Å²) < 4.78 is 30.0. The Morgan fingerprint density at radius 3 is 2.05 bits per heavy atom. The van der Waals surface area contributed by atoms with Crippen molar-refractivity contribution >= 4 is 10.1 Å². The summed E-state index contributed by atoms with van der Waals surface area (Å²) >= 11 is 0. The monoisotopic (exact) mass is 306 g/mol. The van der Waals surface area contributed by atoms with Gasteiger partial charge in [-0.05, 0) is 74.3 Å². The second-order valence-corrected chi connectivity index (χ2v) is 8.64. The van der Waals surface area contributed by atoms with Crippen LogP contribution in [0.15, 0.2) is 29.2 Å². The minimum atomic E-state index is -3.60. The molecule has 5 atom stereocenters. The van der Waals surface area contributed by atoms with Crippen LogP contribution < -0.4 is 0 Å². The third-order valence-corrected chi connectivity index (χ3v) is 7.44. The van der Waals surface area contributed by atoms with E-state index in [-0.39, 0.29) is 4.90 Å². The Labute approximate surface area is 126 Å². The minimum Gasteiger partial charge on any atom is -0.266 e. The van der Waals surface area contributed by atoms with E-state index < -0.39 is 10.1 Å². The molecule has 4 bridgehead atoms. The fourth-order valence-electron chi connectivity index (χ4n) is 5.26. The molecule has 0 aliphatic heterocycles. The van der Waals surface area contributed by atoms with Gasteiger partial charge >= 0.3 is 0 Å². The van der Waals surface area contributed by atoms with Gasteiger partial charge < -0.3 is 0 Å². The Bertz CT molecular complexity index is 617. The molecule has 0 radical (unpaired) electrons. The van der Waals surface area contributed by atoms with Gasteiger partial charge in [-0.15, -0.1) is 0 Å². The molecule has 0 amide bonds. The number of hydrogen-bond acceptors (Lipinski definition) is 3. The van der Waals surface area contributed by atoms with E-state index in [2.05, 4.69) is 0 Å². The van der Waals surface area contributed by atoms with E-state index in [0.717, 1.165) is 29.2 Å². The SMILES string of the molecule is Cc1ccc(S(=O)(=O)OCC2[C@H]3CC[C@H]4[C@H]3CC[C@@H]24)cc1. The van der Waals surface area contributed by atoms with Crippen LogP contribution in [0.25, 0.3) is 0 Å². The molecule has 4 rings (SSSR count). The van der Waals surface area contributed by atoms with Crippen molar-refractivity contribution in [3.8, 4) is 0 Å². The van der Waals surface area contributed by atoms with E-state index in [1.807, 2.05) is 19.1 Å². The molecule has 0 saturated heterocycles. The Morgan fingerprint density at radius 1 is 0.952 bits per heavy atom. The van der Waals surface area contributed by atoms with E-state index in [4.69, 9.17) is 4.18 Å². The summed E-state index contributed by atoms with van der Waals surface area (Å²) in [6.07, 6.45) is 5.29. The zero-order valence-electron chi connectivity index (χ0n) is 12.4. The molecule has 1 unspecified atom stereocenters. The van der Waals surface area contributed by atoms with Crippen LogP contribution in [-0.4, -0.2) is 15.0 Å². The first-order valence-corrected chi connectivity index (χ1v) is 9.43. The highest BCUT2D eigenvalue weighted by Gasteiger charge is 2.57. The molecule has 3 nitrogen and oxygen atoms in total. The molecule has 0 spiro atoms. The van der Waals surface area contributed by atoms with Gasteiger partial charge in [-0.25, -0.2) is 0 Å². The van der Waals surface area contributed by atoms with Crippen molar-refractivity contribution in [2.24, 2.45) is 29.6 Å². The zero-order valence-corrected chi connectivity index (χ0v) is 13.2. The lowest BCUT2D eigenvalue weighted by Crippen LogP contribution is -2.29. The van der Waals surface area contributed by atoms with Crippen molar-refractivity contribution in [2.45, 2.75) is 37.5 Å². The van der Waals surface area contributed by atoms with Crippen LogP contribution >= 0.6 is 0 Å². The molecule has 114 valence electrons. The van der Waals surface area contributed by atoms with Crippen molar-refractivity contribution in [3.05, 3.63) is 29.8 Å². The average molecular weight is 306 g/mol.